The highest BCUT2D eigenvalue weighted by atomic mass is 79.9. The largest absolute Gasteiger partial charge is 0.394 e. The van der Waals surface area contributed by atoms with Gasteiger partial charge in [-0.25, -0.2) is 18.2 Å². The number of halogens is 4. The van der Waals surface area contributed by atoms with Crippen molar-refractivity contribution in [3.8, 4) is 0 Å². The molecule has 2 rings (SSSR count). The van der Waals surface area contributed by atoms with E-state index in [1.165, 1.54) is 0 Å². The molecule has 0 radical (unpaired) electrons. The minimum Gasteiger partial charge on any atom is -0.394 e. The van der Waals surface area contributed by atoms with Gasteiger partial charge in [-0.05, 0) is 45.8 Å². The van der Waals surface area contributed by atoms with E-state index in [0.29, 0.717) is 10.3 Å². The van der Waals surface area contributed by atoms with Crippen molar-refractivity contribution in [3.63, 3.8) is 0 Å². The summed E-state index contributed by atoms with van der Waals surface area (Å²) in [6, 6.07) is 6.31. The molecule has 0 amide bonds. The van der Waals surface area contributed by atoms with E-state index in [1.807, 2.05) is 0 Å². The van der Waals surface area contributed by atoms with Gasteiger partial charge in [-0.2, -0.15) is 0 Å². The lowest BCUT2D eigenvalue weighted by Crippen LogP contribution is -2.25. The van der Waals surface area contributed by atoms with Crippen molar-refractivity contribution >= 4 is 15.9 Å². The lowest BCUT2D eigenvalue weighted by Gasteiger charge is -2.17. The Kier molecular flexibility index (Phi) is 5.33. The Morgan fingerprint density at radius 1 is 1.19 bits per heavy atom. The zero-order chi connectivity index (χ0) is 15.4. The van der Waals surface area contributed by atoms with E-state index in [2.05, 4.69) is 26.2 Å². The predicted molar refractivity (Wildman–Crippen MR) is 74.9 cm³/mol. The van der Waals surface area contributed by atoms with Crippen LogP contribution in [0.15, 0.2) is 34.9 Å². The molecule has 7 heteroatoms. The summed E-state index contributed by atoms with van der Waals surface area (Å²) >= 11 is 3.23. The molecule has 21 heavy (non-hydrogen) atoms. The molecule has 2 aromatic rings. The number of aliphatic hydroxyl groups excluding tert-OH is 1. The van der Waals surface area contributed by atoms with Crippen molar-refractivity contribution in [2.75, 3.05) is 6.61 Å². The van der Waals surface area contributed by atoms with Crippen LogP contribution in [0.4, 0.5) is 13.2 Å². The van der Waals surface area contributed by atoms with Crippen molar-refractivity contribution in [2.45, 2.75) is 12.6 Å². The molecule has 0 aliphatic carbocycles. The molecule has 2 N–H and O–H groups in total. The molecular formula is C14H12BrF3N2O. The second-order valence-corrected chi connectivity index (χ2v) is 5.18. The minimum absolute atomic E-state index is 0.129. The Balaban J connectivity index is 2.13. The van der Waals surface area contributed by atoms with Gasteiger partial charge in [0.1, 0.15) is 4.60 Å². The zero-order valence-electron chi connectivity index (χ0n) is 10.8. The van der Waals surface area contributed by atoms with Crippen molar-refractivity contribution in [3.05, 3.63) is 63.6 Å². The maximum absolute atomic E-state index is 13.2. The van der Waals surface area contributed by atoms with Crippen LogP contribution in [0.1, 0.15) is 17.3 Å². The Morgan fingerprint density at radius 3 is 2.43 bits per heavy atom. The molecule has 0 saturated carbocycles. The molecule has 1 aromatic carbocycles. The molecule has 3 nitrogen and oxygen atoms in total. The van der Waals surface area contributed by atoms with E-state index in [0.717, 1.165) is 12.1 Å². The number of pyridine rings is 1. The first kappa shape index (κ1) is 15.9. The maximum atomic E-state index is 13.2. The van der Waals surface area contributed by atoms with Gasteiger partial charge >= 0.3 is 0 Å². The summed E-state index contributed by atoms with van der Waals surface area (Å²) in [5.41, 5.74) is 0.815. The number of nitrogens with zero attached hydrogens (tertiary/aromatic N) is 1. The van der Waals surface area contributed by atoms with Crippen LogP contribution in [-0.2, 0) is 6.54 Å². The molecular weight excluding hydrogens is 349 g/mol. The van der Waals surface area contributed by atoms with Crippen LogP contribution in [0.25, 0.3) is 0 Å². The third kappa shape index (κ3) is 4.03. The van der Waals surface area contributed by atoms with Gasteiger partial charge in [-0.1, -0.05) is 6.07 Å². The van der Waals surface area contributed by atoms with Crippen LogP contribution in [0.5, 0.6) is 0 Å². The number of aliphatic hydroxyl groups is 1. The minimum atomic E-state index is -1.52. The van der Waals surface area contributed by atoms with Crippen LogP contribution in [-0.4, -0.2) is 16.7 Å². The average Bonchev–Trinajstić information content (AvgIpc) is 2.45. The van der Waals surface area contributed by atoms with E-state index in [1.54, 1.807) is 18.2 Å². The second kappa shape index (κ2) is 7.02. The number of rotatable bonds is 5. The average molecular weight is 361 g/mol. The van der Waals surface area contributed by atoms with Gasteiger partial charge in [0.25, 0.3) is 0 Å². The van der Waals surface area contributed by atoms with Crippen molar-refractivity contribution in [1.82, 2.24) is 10.3 Å². The highest BCUT2D eigenvalue weighted by molar-refractivity contribution is 9.10. The number of nitrogens with one attached hydrogen (secondary N) is 1. The molecule has 0 aliphatic heterocycles. The van der Waals surface area contributed by atoms with E-state index in [4.69, 9.17) is 0 Å². The highest BCUT2D eigenvalue weighted by Crippen LogP contribution is 2.19. The molecule has 0 fully saturated rings. The summed E-state index contributed by atoms with van der Waals surface area (Å²) in [4.78, 5) is 4.19. The molecule has 0 saturated heterocycles. The molecule has 0 bridgehead atoms. The number of hydrogen-bond acceptors (Lipinski definition) is 3. The third-order valence-electron chi connectivity index (χ3n) is 2.89. The van der Waals surface area contributed by atoms with Gasteiger partial charge < -0.3 is 10.4 Å². The summed E-state index contributed by atoms with van der Waals surface area (Å²) in [5, 5.41) is 12.2. The van der Waals surface area contributed by atoms with Crippen LogP contribution in [0.2, 0.25) is 0 Å². The monoisotopic (exact) mass is 360 g/mol. The van der Waals surface area contributed by atoms with Crippen molar-refractivity contribution < 1.29 is 18.3 Å². The lowest BCUT2D eigenvalue weighted by atomic mass is 10.1. The molecule has 112 valence electrons. The third-order valence-corrected chi connectivity index (χ3v) is 3.34. The number of benzene rings is 1. The first-order valence-corrected chi connectivity index (χ1v) is 6.90. The second-order valence-electron chi connectivity index (χ2n) is 4.37. The van der Waals surface area contributed by atoms with E-state index in [9.17, 15) is 18.3 Å². The predicted octanol–water partition coefficient (Wildman–Crippen LogP) is 3.08. The number of hydrogen-bond donors (Lipinski definition) is 2. The summed E-state index contributed by atoms with van der Waals surface area (Å²) in [6.45, 7) is -0.107. The fourth-order valence-corrected chi connectivity index (χ4v) is 2.22. The van der Waals surface area contributed by atoms with Gasteiger partial charge in [0, 0.05) is 6.54 Å². The maximum Gasteiger partial charge on any atom is 0.194 e. The standard InChI is InChI=1S/C14H12BrF3N2O/c15-13-3-1-2-9(20-13)6-19-12(7-21)8-4-10(16)14(18)11(17)5-8/h1-5,12,19,21H,6-7H2/t12-/m1/s1. The quantitative estimate of drug-likeness (QED) is 0.636. The number of aromatic nitrogens is 1. The fraction of sp³-hybridized carbons (Fsp3) is 0.214. The van der Waals surface area contributed by atoms with Crippen LogP contribution >= 0.6 is 15.9 Å². The SMILES string of the molecule is OC[C@@H](NCc1cccc(Br)n1)c1cc(F)c(F)c(F)c1. The lowest BCUT2D eigenvalue weighted by molar-refractivity contribution is 0.242. The topological polar surface area (TPSA) is 45.1 Å². The first-order chi connectivity index (χ1) is 10.0. The Labute approximate surface area is 128 Å². The van der Waals surface area contributed by atoms with Crippen LogP contribution in [0.3, 0.4) is 0 Å². The normalized spacial score (nSPS) is 12.4. The Hall–Kier alpha value is -1.44. The van der Waals surface area contributed by atoms with E-state index >= 15 is 0 Å². The molecule has 0 unspecified atom stereocenters. The molecule has 0 aliphatic rings. The molecule has 1 atom stereocenters. The Morgan fingerprint density at radius 2 is 1.86 bits per heavy atom. The molecule has 0 spiro atoms. The Bertz CT molecular complexity index is 616. The highest BCUT2D eigenvalue weighted by Gasteiger charge is 2.16. The van der Waals surface area contributed by atoms with Gasteiger partial charge in [0.15, 0.2) is 17.5 Å². The van der Waals surface area contributed by atoms with Crippen molar-refractivity contribution in [1.29, 1.82) is 0 Å². The first-order valence-electron chi connectivity index (χ1n) is 6.11. The van der Waals surface area contributed by atoms with Crippen molar-refractivity contribution in [2.24, 2.45) is 0 Å². The van der Waals surface area contributed by atoms with Crippen LogP contribution in [0, 0.1) is 17.5 Å². The van der Waals surface area contributed by atoms with Gasteiger partial charge in [0.05, 0.1) is 18.3 Å². The van der Waals surface area contributed by atoms with Gasteiger partial charge in [-0.3, -0.25) is 0 Å². The fourth-order valence-electron chi connectivity index (χ4n) is 1.84. The summed E-state index contributed by atoms with van der Waals surface area (Å²) in [7, 11) is 0. The zero-order valence-corrected chi connectivity index (χ0v) is 12.4. The van der Waals surface area contributed by atoms with Gasteiger partial charge in [-0.15, -0.1) is 0 Å². The van der Waals surface area contributed by atoms with E-state index in [-0.39, 0.29) is 12.1 Å². The summed E-state index contributed by atoms with van der Waals surface area (Å²) in [5.74, 6) is -4.10. The molecule has 1 heterocycles. The summed E-state index contributed by atoms with van der Waals surface area (Å²) < 4.78 is 40.0. The van der Waals surface area contributed by atoms with Gasteiger partial charge in [0.2, 0.25) is 0 Å². The summed E-state index contributed by atoms with van der Waals surface area (Å²) in [6.07, 6.45) is 0. The van der Waals surface area contributed by atoms with Crippen LogP contribution < -0.4 is 5.32 Å². The van der Waals surface area contributed by atoms with E-state index < -0.39 is 30.1 Å². The smallest absolute Gasteiger partial charge is 0.194 e. The molecule has 1 aromatic heterocycles.